The van der Waals surface area contributed by atoms with Gasteiger partial charge in [-0.05, 0) is 24.3 Å². The van der Waals surface area contributed by atoms with Crippen LogP contribution in [-0.2, 0) is 30.7 Å². The number of rotatable bonds is 4. The molecule has 0 bridgehead atoms. The molecule has 1 amide bonds. The van der Waals surface area contributed by atoms with Crippen LogP contribution < -0.4 is 5.73 Å². The number of fused-ring (bicyclic) bond motifs is 1. The molecule has 148 valence electrons. The van der Waals surface area contributed by atoms with Crippen molar-refractivity contribution in [1.29, 1.82) is 0 Å². The van der Waals surface area contributed by atoms with Crippen molar-refractivity contribution in [3.8, 4) is 11.3 Å². The minimum Gasteiger partial charge on any atom is -0.397 e. The van der Waals surface area contributed by atoms with Crippen molar-refractivity contribution >= 4 is 11.6 Å². The van der Waals surface area contributed by atoms with Crippen molar-refractivity contribution in [2.45, 2.75) is 32.9 Å². The Kier molecular flexibility index (Phi) is 4.92. The number of anilines is 1. The number of halogens is 2. The van der Waals surface area contributed by atoms with Gasteiger partial charge < -0.3 is 10.6 Å². The van der Waals surface area contributed by atoms with E-state index in [0.29, 0.717) is 30.2 Å². The van der Waals surface area contributed by atoms with Crippen LogP contribution in [0.3, 0.4) is 0 Å². The Morgan fingerprint density at radius 1 is 1.17 bits per heavy atom. The number of carbonyl (C=O) groups excluding carboxylic acids is 1. The molecule has 0 spiro atoms. The Morgan fingerprint density at radius 3 is 2.76 bits per heavy atom. The van der Waals surface area contributed by atoms with E-state index in [1.807, 2.05) is 6.92 Å². The highest BCUT2D eigenvalue weighted by Crippen LogP contribution is 2.26. The number of nitrogens with two attached hydrogens (primary N) is 1. The third kappa shape index (κ3) is 3.78. The average molecular weight is 395 g/mol. The number of aryl methyl sites for hydroxylation is 1. The Balaban J connectivity index is 1.54. The molecular weight excluding hydrogens is 376 g/mol. The molecule has 6 nitrogen and oxygen atoms in total. The molecule has 3 aromatic rings. The Labute approximate surface area is 166 Å². The van der Waals surface area contributed by atoms with Gasteiger partial charge in [-0.1, -0.05) is 6.92 Å². The summed E-state index contributed by atoms with van der Waals surface area (Å²) in [6.45, 7) is 2.82. The number of aromatic nitrogens is 3. The van der Waals surface area contributed by atoms with Crippen LogP contribution in [0.1, 0.15) is 29.7 Å². The van der Waals surface area contributed by atoms with Crippen molar-refractivity contribution in [1.82, 2.24) is 19.9 Å². The van der Waals surface area contributed by atoms with Gasteiger partial charge >= 0.3 is 0 Å². The molecule has 0 saturated heterocycles. The van der Waals surface area contributed by atoms with Crippen LogP contribution in [0.4, 0.5) is 14.5 Å². The smallest absolute Gasteiger partial charge is 0.229 e. The molecule has 0 saturated carbocycles. The van der Waals surface area contributed by atoms with Crippen LogP contribution in [0.5, 0.6) is 0 Å². The normalized spacial score (nSPS) is 12.9. The number of hydrogen-bond acceptors (Lipinski definition) is 5. The molecule has 1 aliphatic rings. The van der Waals surface area contributed by atoms with Gasteiger partial charge in [-0.25, -0.2) is 18.7 Å². The highest BCUT2D eigenvalue weighted by molar-refractivity contribution is 5.80. The number of nitrogen functional groups attached to an aromatic ring is 1. The van der Waals surface area contributed by atoms with Gasteiger partial charge in [0.05, 0.1) is 35.7 Å². The molecule has 0 atom stereocenters. The van der Waals surface area contributed by atoms with Crippen molar-refractivity contribution in [3.63, 3.8) is 0 Å². The number of benzene rings is 1. The molecule has 1 aromatic carbocycles. The maximum atomic E-state index is 14.1. The molecule has 3 heterocycles. The number of carbonyl (C=O) groups is 1. The summed E-state index contributed by atoms with van der Waals surface area (Å²) in [7, 11) is 0. The summed E-state index contributed by atoms with van der Waals surface area (Å²) in [5, 5.41) is 0. The second kappa shape index (κ2) is 7.54. The minimum atomic E-state index is -0.722. The minimum absolute atomic E-state index is 0.0233. The third-order valence-corrected chi connectivity index (χ3v) is 4.91. The molecule has 8 heteroatoms. The lowest BCUT2D eigenvalue weighted by atomic mass is 10.1. The SMILES string of the molecule is CCc1ncc2c(n1)CN(C(=O)Cc1nc(-c3ccc(F)cc3F)ccc1N)C2. The lowest BCUT2D eigenvalue weighted by Gasteiger charge is -2.16. The summed E-state index contributed by atoms with van der Waals surface area (Å²) in [5.41, 5.74) is 8.91. The first-order valence-electron chi connectivity index (χ1n) is 9.27. The molecule has 1 aliphatic heterocycles. The van der Waals surface area contributed by atoms with Gasteiger partial charge in [0.1, 0.15) is 17.5 Å². The summed E-state index contributed by atoms with van der Waals surface area (Å²) >= 11 is 0. The van der Waals surface area contributed by atoms with Gasteiger partial charge in [0.15, 0.2) is 0 Å². The van der Waals surface area contributed by atoms with E-state index in [1.54, 1.807) is 23.2 Å². The van der Waals surface area contributed by atoms with Gasteiger partial charge in [0.25, 0.3) is 0 Å². The summed E-state index contributed by atoms with van der Waals surface area (Å²) in [4.78, 5) is 27.6. The molecular formula is C21H19F2N5O. The monoisotopic (exact) mass is 395 g/mol. The molecule has 2 aromatic heterocycles. The first-order valence-corrected chi connectivity index (χ1v) is 9.27. The van der Waals surface area contributed by atoms with E-state index in [1.165, 1.54) is 6.07 Å². The Morgan fingerprint density at radius 2 is 2.00 bits per heavy atom. The number of nitrogens with zero attached hydrogens (tertiary/aromatic N) is 4. The fraction of sp³-hybridized carbons (Fsp3) is 0.238. The first kappa shape index (κ1) is 18.9. The zero-order valence-corrected chi connectivity index (χ0v) is 15.8. The molecule has 0 radical (unpaired) electrons. The van der Waals surface area contributed by atoms with Gasteiger partial charge in [0.2, 0.25) is 5.91 Å². The number of pyridine rings is 1. The van der Waals surface area contributed by atoms with E-state index in [0.717, 1.165) is 35.6 Å². The Bertz CT molecular complexity index is 1100. The lowest BCUT2D eigenvalue weighted by molar-refractivity contribution is -0.131. The van der Waals surface area contributed by atoms with Crippen molar-refractivity contribution < 1.29 is 13.6 Å². The third-order valence-electron chi connectivity index (χ3n) is 4.91. The highest BCUT2D eigenvalue weighted by atomic mass is 19.1. The second-order valence-electron chi connectivity index (χ2n) is 6.89. The average Bonchev–Trinajstić information content (AvgIpc) is 3.13. The van der Waals surface area contributed by atoms with Gasteiger partial charge in [-0.3, -0.25) is 9.78 Å². The predicted octanol–water partition coefficient (Wildman–Crippen LogP) is 3.05. The van der Waals surface area contributed by atoms with E-state index < -0.39 is 11.6 Å². The van der Waals surface area contributed by atoms with Crippen LogP contribution >= 0.6 is 0 Å². The van der Waals surface area contributed by atoms with Gasteiger partial charge in [-0.2, -0.15) is 0 Å². The maximum Gasteiger partial charge on any atom is 0.229 e. The summed E-state index contributed by atoms with van der Waals surface area (Å²) in [6.07, 6.45) is 2.47. The van der Waals surface area contributed by atoms with E-state index in [2.05, 4.69) is 15.0 Å². The van der Waals surface area contributed by atoms with Crippen LogP contribution in [0.2, 0.25) is 0 Å². The van der Waals surface area contributed by atoms with Gasteiger partial charge in [0, 0.05) is 36.4 Å². The predicted molar refractivity (Wildman–Crippen MR) is 103 cm³/mol. The number of hydrogen-bond donors (Lipinski definition) is 1. The van der Waals surface area contributed by atoms with E-state index >= 15 is 0 Å². The quantitative estimate of drug-likeness (QED) is 0.734. The van der Waals surface area contributed by atoms with Crippen LogP contribution in [0.25, 0.3) is 11.3 Å². The largest absolute Gasteiger partial charge is 0.397 e. The van der Waals surface area contributed by atoms with Crippen LogP contribution in [-0.4, -0.2) is 25.8 Å². The first-order chi connectivity index (χ1) is 13.9. The summed E-state index contributed by atoms with van der Waals surface area (Å²) in [5.74, 6) is -0.796. The standard InChI is InChI=1S/C21H19F2N5O/c1-2-20-25-9-12-10-28(11-19(12)27-20)21(29)8-18-16(24)5-6-17(26-18)14-4-3-13(22)7-15(14)23/h3-7,9H,2,8,10-11,24H2,1H3. The topological polar surface area (TPSA) is 85.0 Å². The molecule has 0 aliphatic carbocycles. The molecule has 4 rings (SSSR count). The molecule has 29 heavy (non-hydrogen) atoms. The van der Waals surface area contributed by atoms with E-state index in [9.17, 15) is 13.6 Å². The fourth-order valence-corrected chi connectivity index (χ4v) is 3.30. The molecule has 0 fully saturated rings. The summed E-state index contributed by atoms with van der Waals surface area (Å²) in [6, 6.07) is 6.40. The summed E-state index contributed by atoms with van der Waals surface area (Å²) < 4.78 is 27.3. The van der Waals surface area contributed by atoms with Gasteiger partial charge in [-0.15, -0.1) is 0 Å². The maximum absolute atomic E-state index is 14.1. The zero-order chi connectivity index (χ0) is 20.5. The molecule has 2 N–H and O–H groups in total. The van der Waals surface area contributed by atoms with E-state index in [-0.39, 0.29) is 17.9 Å². The van der Waals surface area contributed by atoms with Crippen LogP contribution in [0.15, 0.2) is 36.5 Å². The fourth-order valence-electron chi connectivity index (χ4n) is 3.30. The van der Waals surface area contributed by atoms with E-state index in [4.69, 9.17) is 5.73 Å². The lowest BCUT2D eigenvalue weighted by Crippen LogP contribution is -2.27. The van der Waals surface area contributed by atoms with Crippen LogP contribution in [0, 0.1) is 11.6 Å². The van der Waals surface area contributed by atoms with Crippen molar-refractivity contribution in [2.24, 2.45) is 0 Å². The highest BCUT2D eigenvalue weighted by Gasteiger charge is 2.26. The van der Waals surface area contributed by atoms with Crippen molar-refractivity contribution in [3.05, 3.63) is 70.9 Å². The second-order valence-corrected chi connectivity index (χ2v) is 6.89. The zero-order valence-electron chi connectivity index (χ0n) is 15.8. The Hall–Kier alpha value is -3.42. The van der Waals surface area contributed by atoms with Crippen molar-refractivity contribution in [2.75, 3.05) is 5.73 Å². The molecule has 0 unspecified atom stereocenters. The number of amides is 1.